The van der Waals surface area contributed by atoms with Gasteiger partial charge in [0.1, 0.15) is 0 Å². The Morgan fingerprint density at radius 3 is 1.11 bits per heavy atom. The molecule has 0 aliphatic carbocycles. The second kappa shape index (κ2) is 30.8. The third kappa shape index (κ3) is 184. The van der Waals surface area contributed by atoms with E-state index in [1.807, 2.05) is 41.5 Å². The van der Waals surface area contributed by atoms with Gasteiger partial charge in [0.05, 0.1) is 0 Å². The van der Waals surface area contributed by atoms with Crippen LogP contribution in [0.3, 0.4) is 0 Å². The lowest BCUT2D eigenvalue weighted by Crippen LogP contribution is -1.93. The van der Waals surface area contributed by atoms with Crippen molar-refractivity contribution in [2.45, 2.75) is 116 Å². The molecular formula is C19H48. The Morgan fingerprint density at radius 2 is 0.947 bits per heavy atom. The van der Waals surface area contributed by atoms with Crippen LogP contribution in [0.25, 0.3) is 0 Å². The largest absolute Gasteiger partial charge is 0.0683 e. The average molecular weight is 277 g/mol. The highest BCUT2D eigenvalue weighted by Gasteiger charge is 1.95. The molecule has 0 N–H and O–H groups in total. The fourth-order valence-electron chi connectivity index (χ4n) is 0.803. The highest BCUT2D eigenvalue weighted by molar-refractivity contribution is 4.47. The lowest BCUT2D eigenvalue weighted by Gasteiger charge is -2.05. The van der Waals surface area contributed by atoms with Crippen molar-refractivity contribution in [3.8, 4) is 0 Å². The van der Waals surface area contributed by atoms with Gasteiger partial charge in [-0.05, 0) is 11.3 Å². The minimum absolute atomic E-state index is 0.500. The van der Waals surface area contributed by atoms with Gasteiger partial charge in [0.2, 0.25) is 0 Å². The molecule has 124 valence electrons. The van der Waals surface area contributed by atoms with Gasteiger partial charge in [-0.3, -0.25) is 0 Å². The van der Waals surface area contributed by atoms with E-state index >= 15 is 0 Å². The summed E-state index contributed by atoms with van der Waals surface area (Å²) in [4.78, 5) is 0. The highest BCUT2D eigenvalue weighted by atomic mass is 14.0. The first-order chi connectivity index (χ1) is 8.77. The molecule has 0 unspecified atom stereocenters. The molecule has 0 aromatic heterocycles. The Morgan fingerprint density at radius 1 is 0.684 bits per heavy atom. The van der Waals surface area contributed by atoms with E-state index in [1.54, 1.807) is 0 Å². The maximum Gasteiger partial charge on any atom is -0.0411 e. The van der Waals surface area contributed by atoms with Crippen molar-refractivity contribution < 1.29 is 0 Å². The van der Waals surface area contributed by atoms with E-state index < -0.39 is 0 Å². The molecule has 0 fully saturated rings. The van der Waals surface area contributed by atoms with E-state index in [0.29, 0.717) is 5.41 Å². The quantitative estimate of drug-likeness (QED) is 0.452. The van der Waals surface area contributed by atoms with Crippen LogP contribution in [-0.4, -0.2) is 0 Å². The van der Waals surface area contributed by atoms with Gasteiger partial charge in [-0.25, -0.2) is 0 Å². The zero-order chi connectivity index (χ0) is 16.9. The van der Waals surface area contributed by atoms with Gasteiger partial charge in [0.25, 0.3) is 0 Å². The monoisotopic (exact) mass is 276 g/mol. The van der Waals surface area contributed by atoms with Crippen molar-refractivity contribution >= 4 is 0 Å². The smallest absolute Gasteiger partial charge is 0.0411 e. The molecule has 0 spiro atoms. The summed E-state index contributed by atoms with van der Waals surface area (Å²) >= 11 is 0. The van der Waals surface area contributed by atoms with Crippen LogP contribution in [0, 0.1) is 11.3 Å². The third-order valence-electron chi connectivity index (χ3n) is 1.39. The van der Waals surface area contributed by atoms with Crippen molar-refractivity contribution in [3.05, 3.63) is 0 Å². The molecule has 0 aromatic rings. The summed E-state index contributed by atoms with van der Waals surface area (Å²) in [5, 5.41) is 0. The number of hydrogen-bond donors (Lipinski definition) is 0. The zero-order valence-electron chi connectivity index (χ0n) is 16.9. The molecule has 0 heteroatoms. The predicted molar refractivity (Wildman–Crippen MR) is 98.2 cm³/mol. The summed E-state index contributed by atoms with van der Waals surface area (Å²) in [5.74, 6) is 0.904. The second-order valence-electron chi connectivity index (χ2n) is 5.89. The molecule has 0 nitrogen and oxygen atoms in total. The van der Waals surface area contributed by atoms with Gasteiger partial charge in [0, 0.05) is 0 Å². The Bertz CT molecular complexity index is 78.7. The number of unbranched alkanes of at least 4 members (excludes halogenated alkanes) is 2. The van der Waals surface area contributed by atoms with Crippen LogP contribution < -0.4 is 0 Å². The Balaban J connectivity index is -0.0000000513. The summed E-state index contributed by atoms with van der Waals surface area (Å²) in [7, 11) is 0. The van der Waals surface area contributed by atoms with Crippen LogP contribution >= 0.6 is 0 Å². The molecule has 19 heavy (non-hydrogen) atoms. The molecule has 0 amide bonds. The van der Waals surface area contributed by atoms with Crippen LogP contribution in [0.1, 0.15) is 116 Å². The molecule has 0 bridgehead atoms. The molecule has 0 radical (unpaired) electrons. The lowest BCUT2D eigenvalue weighted by molar-refractivity contribution is 0.469. The van der Waals surface area contributed by atoms with Crippen molar-refractivity contribution in [3.63, 3.8) is 0 Å². The summed E-state index contributed by atoms with van der Waals surface area (Å²) < 4.78 is 0. The average Bonchev–Trinajstić information content (AvgIpc) is 2.35. The van der Waals surface area contributed by atoms with Crippen LogP contribution in [0.5, 0.6) is 0 Å². The first kappa shape index (κ1) is 31.4. The SMILES string of the molecule is CC.CC.CC.CC(C)(C)C.CCCCCC(C)C. The topological polar surface area (TPSA) is 0 Å². The van der Waals surface area contributed by atoms with Crippen LogP contribution in [0.2, 0.25) is 0 Å². The Hall–Kier alpha value is 0. The molecule has 0 heterocycles. The van der Waals surface area contributed by atoms with Crippen molar-refractivity contribution in [1.29, 1.82) is 0 Å². The molecular weight excluding hydrogens is 228 g/mol. The Kier molecular flexibility index (Phi) is 50.9. The third-order valence-corrected chi connectivity index (χ3v) is 1.39. The van der Waals surface area contributed by atoms with Crippen LogP contribution in [0.4, 0.5) is 0 Å². The van der Waals surface area contributed by atoms with Gasteiger partial charge in [-0.1, -0.05) is 116 Å². The molecule has 0 aliphatic rings. The molecule has 0 rings (SSSR count). The van der Waals surface area contributed by atoms with Gasteiger partial charge in [-0.2, -0.15) is 0 Å². The Labute approximate surface area is 127 Å². The standard InChI is InChI=1S/C8H18.C5H12.3C2H6/c1-4-5-6-7-8(2)3;1-5(2,3)4;3*1-2/h8H,4-7H2,1-3H3;1-4H3;3*1-2H3. The number of rotatable bonds is 4. The zero-order valence-corrected chi connectivity index (χ0v) is 16.9. The molecule has 0 atom stereocenters. The maximum atomic E-state index is 2.29. The molecule has 0 saturated carbocycles. The minimum Gasteiger partial charge on any atom is -0.0683 e. The van der Waals surface area contributed by atoms with E-state index in [9.17, 15) is 0 Å². The van der Waals surface area contributed by atoms with Crippen molar-refractivity contribution in [2.24, 2.45) is 11.3 Å². The summed E-state index contributed by atoms with van der Waals surface area (Å²) in [6.45, 7) is 27.6. The minimum atomic E-state index is 0.500. The molecule has 0 aliphatic heterocycles. The van der Waals surface area contributed by atoms with Gasteiger partial charge in [0.15, 0.2) is 0 Å². The van der Waals surface area contributed by atoms with Crippen molar-refractivity contribution in [2.75, 3.05) is 0 Å². The predicted octanol–water partition coefficient (Wildman–Crippen LogP) is 8.35. The van der Waals surface area contributed by atoms with Crippen LogP contribution in [-0.2, 0) is 0 Å². The number of hydrogen-bond acceptors (Lipinski definition) is 0. The lowest BCUT2D eigenvalue weighted by atomic mass is 10.0. The normalized spacial score (nSPS) is 8.53. The van der Waals surface area contributed by atoms with E-state index in [2.05, 4.69) is 48.5 Å². The maximum absolute atomic E-state index is 2.29. The summed E-state index contributed by atoms with van der Waals surface area (Å²) in [6.07, 6.45) is 5.60. The highest BCUT2D eigenvalue weighted by Crippen LogP contribution is 2.08. The summed E-state index contributed by atoms with van der Waals surface area (Å²) in [5.41, 5.74) is 0.500. The van der Waals surface area contributed by atoms with E-state index in [1.165, 1.54) is 25.7 Å². The van der Waals surface area contributed by atoms with Crippen LogP contribution in [0.15, 0.2) is 0 Å². The fourth-order valence-corrected chi connectivity index (χ4v) is 0.803. The van der Waals surface area contributed by atoms with E-state index in [0.717, 1.165) is 5.92 Å². The van der Waals surface area contributed by atoms with Crippen molar-refractivity contribution in [1.82, 2.24) is 0 Å². The van der Waals surface area contributed by atoms with E-state index in [4.69, 9.17) is 0 Å². The van der Waals surface area contributed by atoms with E-state index in [-0.39, 0.29) is 0 Å². The van der Waals surface area contributed by atoms with Gasteiger partial charge in [-0.15, -0.1) is 0 Å². The fraction of sp³-hybridized carbons (Fsp3) is 1.00. The summed E-state index contributed by atoms with van der Waals surface area (Å²) in [6, 6.07) is 0. The molecule has 0 saturated heterocycles. The first-order valence-corrected chi connectivity index (χ1v) is 8.77. The first-order valence-electron chi connectivity index (χ1n) is 8.77. The van der Waals surface area contributed by atoms with Gasteiger partial charge >= 0.3 is 0 Å². The second-order valence-corrected chi connectivity index (χ2v) is 5.89. The molecule has 0 aromatic carbocycles. The van der Waals surface area contributed by atoms with Gasteiger partial charge < -0.3 is 0 Å².